The lowest BCUT2D eigenvalue weighted by atomic mass is 9.90. The lowest BCUT2D eigenvalue weighted by Gasteiger charge is -2.40. The molecule has 0 bridgehead atoms. The molecule has 3 rings (SSSR count). The Kier molecular flexibility index (Phi) is 4.40. The number of hydrogen-bond donors (Lipinski definition) is 1. The molecule has 0 saturated carbocycles. The summed E-state index contributed by atoms with van der Waals surface area (Å²) in [4.78, 5) is 14.3. The van der Waals surface area contributed by atoms with Gasteiger partial charge in [0.05, 0.1) is 31.8 Å². The Labute approximate surface area is 130 Å². The van der Waals surface area contributed by atoms with E-state index in [1.54, 1.807) is 12.5 Å². The number of ether oxygens (including phenoxy) is 2. The minimum atomic E-state index is -0.547. The first-order valence-electron chi connectivity index (χ1n) is 7.94. The molecule has 2 aliphatic heterocycles. The van der Waals surface area contributed by atoms with E-state index in [9.17, 15) is 4.79 Å². The molecular weight excluding hydrogens is 284 g/mol. The molecule has 6 nitrogen and oxygen atoms in total. The number of rotatable bonds is 3. The van der Waals surface area contributed by atoms with Crippen LogP contribution >= 0.6 is 0 Å². The Balaban J connectivity index is 1.58. The molecule has 6 heteroatoms. The Morgan fingerprint density at radius 2 is 2.23 bits per heavy atom. The van der Waals surface area contributed by atoms with Crippen molar-refractivity contribution in [1.82, 2.24) is 10.2 Å². The maximum absolute atomic E-state index is 12.5. The summed E-state index contributed by atoms with van der Waals surface area (Å²) in [6.45, 7) is 6.65. The molecule has 2 amide bonds. The van der Waals surface area contributed by atoms with Crippen molar-refractivity contribution in [3.8, 4) is 0 Å². The van der Waals surface area contributed by atoms with Gasteiger partial charge in [-0.15, -0.1) is 0 Å². The zero-order chi connectivity index (χ0) is 15.6. The molecule has 0 aliphatic carbocycles. The van der Waals surface area contributed by atoms with Gasteiger partial charge in [-0.3, -0.25) is 0 Å². The number of carbonyl (C=O) groups is 1. The van der Waals surface area contributed by atoms with Crippen molar-refractivity contribution in [3.05, 3.63) is 24.2 Å². The highest BCUT2D eigenvalue weighted by atomic mass is 16.7. The van der Waals surface area contributed by atoms with Crippen LogP contribution in [0.1, 0.15) is 38.3 Å². The summed E-state index contributed by atoms with van der Waals surface area (Å²) < 4.78 is 16.6. The van der Waals surface area contributed by atoms with Gasteiger partial charge in [0, 0.05) is 24.6 Å². The van der Waals surface area contributed by atoms with Crippen molar-refractivity contribution >= 4 is 6.03 Å². The van der Waals surface area contributed by atoms with Crippen molar-refractivity contribution in [2.45, 2.75) is 38.5 Å². The minimum absolute atomic E-state index is 0.0417. The summed E-state index contributed by atoms with van der Waals surface area (Å²) in [7, 11) is 0. The smallest absolute Gasteiger partial charge is 0.317 e. The van der Waals surface area contributed by atoms with E-state index in [-0.39, 0.29) is 18.0 Å². The quantitative estimate of drug-likeness (QED) is 0.932. The maximum atomic E-state index is 12.5. The summed E-state index contributed by atoms with van der Waals surface area (Å²) >= 11 is 0. The molecule has 2 aliphatic rings. The average Bonchev–Trinajstić information content (AvgIpc) is 3.19. The number of hydrogen-bond acceptors (Lipinski definition) is 4. The number of piperidine rings is 1. The van der Waals surface area contributed by atoms with Gasteiger partial charge in [-0.25, -0.2) is 4.79 Å². The number of nitrogens with zero attached hydrogens (tertiary/aromatic N) is 1. The number of nitrogens with one attached hydrogen (secondary N) is 1. The van der Waals surface area contributed by atoms with E-state index in [4.69, 9.17) is 13.9 Å². The fourth-order valence-electron chi connectivity index (χ4n) is 3.24. The van der Waals surface area contributed by atoms with E-state index in [0.29, 0.717) is 19.8 Å². The molecule has 22 heavy (non-hydrogen) atoms. The van der Waals surface area contributed by atoms with E-state index in [1.165, 1.54) is 0 Å². The minimum Gasteiger partial charge on any atom is -0.472 e. The standard InChI is InChI=1S/C16H24N2O4/c1-12(13-5-7-20-11-13)17-15(19)18-6-3-4-14(10-18)16(2)21-8-9-22-16/h5,7,11-12,14H,3-4,6,8-10H2,1-2H3,(H,17,19)/t12-,14-/m1/s1. The first kappa shape index (κ1) is 15.4. The molecule has 1 N–H and O–H groups in total. The first-order valence-corrected chi connectivity index (χ1v) is 7.94. The molecular formula is C16H24N2O4. The number of urea groups is 1. The molecule has 0 spiro atoms. The molecule has 3 heterocycles. The third-order valence-electron chi connectivity index (χ3n) is 4.69. The Morgan fingerprint density at radius 1 is 1.45 bits per heavy atom. The van der Waals surface area contributed by atoms with E-state index >= 15 is 0 Å². The van der Waals surface area contributed by atoms with Gasteiger partial charge in [-0.1, -0.05) is 0 Å². The predicted molar refractivity (Wildman–Crippen MR) is 80.3 cm³/mol. The van der Waals surface area contributed by atoms with Crippen LogP contribution in [0.4, 0.5) is 4.79 Å². The lowest BCUT2D eigenvalue weighted by molar-refractivity contribution is -0.189. The summed E-state index contributed by atoms with van der Waals surface area (Å²) in [5.74, 6) is -0.325. The van der Waals surface area contributed by atoms with Gasteiger partial charge >= 0.3 is 6.03 Å². The lowest BCUT2D eigenvalue weighted by Crippen LogP contribution is -2.51. The van der Waals surface area contributed by atoms with Crippen molar-refractivity contribution in [2.24, 2.45) is 5.92 Å². The van der Waals surface area contributed by atoms with E-state index in [0.717, 1.165) is 24.9 Å². The molecule has 2 atom stereocenters. The van der Waals surface area contributed by atoms with Crippen molar-refractivity contribution in [2.75, 3.05) is 26.3 Å². The zero-order valence-electron chi connectivity index (χ0n) is 13.2. The molecule has 0 radical (unpaired) electrons. The highest BCUT2D eigenvalue weighted by Gasteiger charge is 2.42. The van der Waals surface area contributed by atoms with Gasteiger partial charge in [0.2, 0.25) is 0 Å². The van der Waals surface area contributed by atoms with E-state index < -0.39 is 5.79 Å². The van der Waals surface area contributed by atoms with Crippen LogP contribution in [0.3, 0.4) is 0 Å². The normalized spacial score (nSPS) is 25.9. The second kappa shape index (κ2) is 6.30. The summed E-state index contributed by atoms with van der Waals surface area (Å²) in [6, 6.07) is 1.76. The molecule has 0 aromatic carbocycles. The van der Waals surface area contributed by atoms with Crippen LogP contribution < -0.4 is 5.32 Å². The van der Waals surface area contributed by atoms with Gasteiger partial charge < -0.3 is 24.1 Å². The van der Waals surface area contributed by atoms with Crippen LogP contribution in [-0.4, -0.2) is 43.0 Å². The van der Waals surface area contributed by atoms with Crippen LogP contribution in [0.2, 0.25) is 0 Å². The largest absolute Gasteiger partial charge is 0.472 e. The molecule has 122 valence electrons. The van der Waals surface area contributed by atoms with Crippen LogP contribution in [0, 0.1) is 5.92 Å². The highest BCUT2D eigenvalue weighted by molar-refractivity contribution is 5.74. The van der Waals surface area contributed by atoms with Crippen molar-refractivity contribution < 1.29 is 18.7 Å². The molecule has 0 unspecified atom stereocenters. The summed E-state index contributed by atoms with van der Waals surface area (Å²) in [6.07, 6.45) is 5.27. The summed E-state index contributed by atoms with van der Waals surface area (Å²) in [5, 5.41) is 3.02. The highest BCUT2D eigenvalue weighted by Crippen LogP contribution is 2.34. The molecule has 1 aromatic rings. The Bertz CT molecular complexity index is 496. The fourth-order valence-corrected chi connectivity index (χ4v) is 3.24. The fraction of sp³-hybridized carbons (Fsp3) is 0.688. The zero-order valence-corrected chi connectivity index (χ0v) is 13.2. The number of carbonyl (C=O) groups excluding carboxylic acids is 1. The Morgan fingerprint density at radius 3 is 2.91 bits per heavy atom. The number of amides is 2. The predicted octanol–water partition coefficient (Wildman–Crippen LogP) is 2.53. The van der Waals surface area contributed by atoms with Crippen LogP contribution in [0.25, 0.3) is 0 Å². The van der Waals surface area contributed by atoms with Gasteiger partial charge in [-0.05, 0) is 32.8 Å². The van der Waals surface area contributed by atoms with Gasteiger partial charge in [0.25, 0.3) is 0 Å². The second-order valence-electron chi connectivity index (χ2n) is 6.23. The van der Waals surface area contributed by atoms with Crippen molar-refractivity contribution in [1.29, 1.82) is 0 Å². The molecule has 1 aromatic heterocycles. The first-order chi connectivity index (χ1) is 10.6. The van der Waals surface area contributed by atoms with Crippen molar-refractivity contribution in [3.63, 3.8) is 0 Å². The van der Waals surface area contributed by atoms with Gasteiger partial charge in [0.1, 0.15) is 0 Å². The third kappa shape index (κ3) is 3.13. The van der Waals surface area contributed by atoms with E-state index in [1.807, 2.05) is 24.8 Å². The molecule has 2 fully saturated rings. The average molecular weight is 308 g/mol. The van der Waals surface area contributed by atoms with E-state index in [2.05, 4.69) is 5.32 Å². The summed E-state index contributed by atoms with van der Waals surface area (Å²) in [5.41, 5.74) is 0.969. The Hall–Kier alpha value is -1.53. The second-order valence-corrected chi connectivity index (χ2v) is 6.23. The number of likely N-dealkylation sites (tertiary alicyclic amines) is 1. The molecule has 2 saturated heterocycles. The number of furan rings is 1. The van der Waals surface area contributed by atoms with Crippen LogP contribution in [0.15, 0.2) is 23.0 Å². The van der Waals surface area contributed by atoms with Crippen LogP contribution in [0.5, 0.6) is 0 Å². The third-order valence-corrected chi connectivity index (χ3v) is 4.69. The SMILES string of the molecule is C[C@@H](NC(=O)N1CCC[C@@H](C2(C)OCCO2)C1)c1ccoc1. The van der Waals surface area contributed by atoms with Gasteiger partial charge in [0.15, 0.2) is 5.79 Å². The van der Waals surface area contributed by atoms with Crippen LogP contribution in [-0.2, 0) is 9.47 Å². The van der Waals surface area contributed by atoms with Gasteiger partial charge in [-0.2, -0.15) is 0 Å². The monoisotopic (exact) mass is 308 g/mol. The topological polar surface area (TPSA) is 63.9 Å². The maximum Gasteiger partial charge on any atom is 0.317 e.